The van der Waals surface area contributed by atoms with Crippen LogP contribution in [0.3, 0.4) is 0 Å². The number of benzene rings is 2. The van der Waals surface area contributed by atoms with Gasteiger partial charge in [-0.2, -0.15) is 5.10 Å². The minimum absolute atomic E-state index is 0.0439. The van der Waals surface area contributed by atoms with E-state index in [2.05, 4.69) is 10.2 Å². The number of carbonyl (C=O) groups is 2. The van der Waals surface area contributed by atoms with Gasteiger partial charge in [-0.05, 0) is 48.9 Å². The van der Waals surface area contributed by atoms with Gasteiger partial charge in [0.2, 0.25) is 11.8 Å². The SMILES string of the molecule is C/C(=N/N=C(N)S[C@@H]1CC(=O)N(c2ccc(Cl)cc2)C1=O)c1ccc(Cl)cc1. The number of hydrogen-bond acceptors (Lipinski definition) is 5. The molecule has 6 nitrogen and oxygen atoms in total. The summed E-state index contributed by atoms with van der Waals surface area (Å²) in [6, 6.07) is 13.7. The predicted molar refractivity (Wildman–Crippen MR) is 115 cm³/mol. The van der Waals surface area contributed by atoms with Gasteiger partial charge in [0.05, 0.1) is 11.4 Å². The van der Waals surface area contributed by atoms with Gasteiger partial charge in [0.25, 0.3) is 0 Å². The fraction of sp³-hybridized carbons (Fsp3) is 0.158. The molecule has 3 rings (SSSR count). The number of hydrogen-bond donors (Lipinski definition) is 1. The molecule has 9 heteroatoms. The number of amides is 2. The van der Waals surface area contributed by atoms with Crippen LogP contribution < -0.4 is 10.6 Å². The second-order valence-corrected chi connectivity index (χ2v) is 8.08. The van der Waals surface area contributed by atoms with E-state index < -0.39 is 5.25 Å². The van der Waals surface area contributed by atoms with Crippen molar-refractivity contribution in [3.05, 3.63) is 64.1 Å². The third-order valence-corrected chi connectivity index (χ3v) is 5.49. The van der Waals surface area contributed by atoms with E-state index in [4.69, 9.17) is 28.9 Å². The van der Waals surface area contributed by atoms with Crippen molar-refractivity contribution < 1.29 is 9.59 Å². The molecule has 1 aliphatic heterocycles. The number of anilines is 1. The number of halogens is 2. The first-order chi connectivity index (χ1) is 13.3. The predicted octanol–water partition coefficient (Wildman–Crippen LogP) is 4.10. The lowest BCUT2D eigenvalue weighted by Gasteiger charge is -2.14. The number of amidine groups is 1. The van der Waals surface area contributed by atoms with E-state index in [1.54, 1.807) is 43.3 Å². The first-order valence-electron chi connectivity index (χ1n) is 8.28. The second kappa shape index (κ2) is 8.77. The van der Waals surface area contributed by atoms with Gasteiger partial charge in [0.1, 0.15) is 5.25 Å². The largest absolute Gasteiger partial charge is 0.377 e. The minimum atomic E-state index is -0.641. The van der Waals surface area contributed by atoms with Crippen LogP contribution in [0.25, 0.3) is 0 Å². The lowest BCUT2D eigenvalue weighted by molar-refractivity contribution is -0.121. The summed E-state index contributed by atoms with van der Waals surface area (Å²) < 4.78 is 0. The average Bonchev–Trinajstić information content (AvgIpc) is 2.94. The summed E-state index contributed by atoms with van der Waals surface area (Å²) in [5, 5.41) is 8.68. The maximum atomic E-state index is 12.6. The lowest BCUT2D eigenvalue weighted by Crippen LogP contribution is -2.31. The summed E-state index contributed by atoms with van der Waals surface area (Å²) in [6.45, 7) is 1.79. The average molecular weight is 435 g/mol. The fourth-order valence-corrected chi connectivity index (χ4v) is 3.66. The summed E-state index contributed by atoms with van der Waals surface area (Å²) in [5.41, 5.74) is 7.89. The molecule has 0 saturated carbocycles. The number of carbonyl (C=O) groups excluding carboxylic acids is 2. The molecule has 1 atom stereocenters. The van der Waals surface area contributed by atoms with E-state index in [1.807, 2.05) is 12.1 Å². The van der Waals surface area contributed by atoms with Gasteiger partial charge in [-0.3, -0.25) is 9.59 Å². The summed E-state index contributed by atoms with van der Waals surface area (Å²) in [7, 11) is 0. The van der Waals surface area contributed by atoms with Crippen molar-refractivity contribution in [1.29, 1.82) is 0 Å². The molecule has 0 bridgehead atoms. The van der Waals surface area contributed by atoms with Crippen LogP contribution in [0.5, 0.6) is 0 Å². The van der Waals surface area contributed by atoms with Crippen molar-refractivity contribution in [2.75, 3.05) is 4.90 Å². The molecule has 2 N–H and O–H groups in total. The van der Waals surface area contributed by atoms with Gasteiger partial charge in [0, 0.05) is 16.5 Å². The Morgan fingerprint density at radius 2 is 1.61 bits per heavy atom. The fourth-order valence-electron chi connectivity index (χ4n) is 2.60. The van der Waals surface area contributed by atoms with Crippen LogP contribution in [0.1, 0.15) is 18.9 Å². The van der Waals surface area contributed by atoms with Crippen LogP contribution in [0.2, 0.25) is 10.0 Å². The summed E-state index contributed by atoms with van der Waals surface area (Å²) >= 11 is 12.7. The number of nitrogens with zero attached hydrogens (tertiary/aromatic N) is 3. The molecule has 28 heavy (non-hydrogen) atoms. The maximum absolute atomic E-state index is 12.6. The van der Waals surface area contributed by atoms with Crippen molar-refractivity contribution in [2.45, 2.75) is 18.6 Å². The van der Waals surface area contributed by atoms with Crippen molar-refractivity contribution >= 4 is 63.3 Å². The van der Waals surface area contributed by atoms with Gasteiger partial charge < -0.3 is 5.73 Å². The molecule has 1 saturated heterocycles. The topological polar surface area (TPSA) is 88.1 Å². The van der Waals surface area contributed by atoms with Crippen LogP contribution in [0.4, 0.5) is 5.69 Å². The van der Waals surface area contributed by atoms with Crippen LogP contribution in [-0.4, -0.2) is 27.9 Å². The zero-order valence-electron chi connectivity index (χ0n) is 14.8. The summed E-state index contributed by atoms with van der Waals surface area (Å²) in [5.74, 6) is -0.632. The molecule has 1 aliphatic rings. The van der Waals surface area contributed by atoms with Crippen molar-refractivity contribution in [1.82, 2.24) is 0 Å². The first kappa shape index (κ1) is 20.4. The molecular formula is C19H16Cl2N4O2S. The van der Waals surface area contributed by atoms with Gasteiger partial charge in [-0.15, -0.1) is 5.10 Å². The Bertz CT molecular complexity index is 959. The maximum Gasteiger partial charge on any atom is 0.247 e. The van der Waals surface area contributed by atoms with Crippen LogP contribution in [0, 0.1) is 0 Å². The third-order valence-electron chi connectivity index (χ3n) is 4.01. The molecule has 0 aromatic heterocycles. The van der Waals surface area contributed by atoms with E-state index in [0.717, 1.165) is 22.2 Å². The minimum Gasteiger partial charge on any atom is -0.377 e. The lowest BCUT2D eigenvalue weighted by atomic mass is 10.1. The van der Waals surface area contributed by atoms with Crippen LogP contribution >= 0.6 is 35.0 Å². The summed E-state index contributed by atoms with van der Waals surface area (Å²) in [6.07, 6.45) is 0.0439. The third kappa shape index (κ3) is 4.73. The quantitative estimate of drug-likeness (QED) is 0.339. The highest BCUT2D eigenvalue weighted by Crippen LogP contribution is 2.30. The van der Waals surface area contributed by atoms with E-state index in [1.165, 1.54) is 0 Å². The van der Waals surface area contributed by atoms with Crippen molar-refractivity contribution in [3.63, 3.8) is 0 Å². The monoisotopic (exact) mass is 434 g/mol. The Balaban J connectivity index is 1.69. The Morgan fingerprint density at radius 1 is 1.04 bits per heavy atom. The van der Waals surface area contributed by atoms with E-state index in [9.17, 15) is 9.59 Å². The van der Waals surface area contributed by atoms with Crippen LogP contribution in [0.15, 0.2) is 58.7 Å². The molecule has 2 aromatic rings. The zero-order valence-corrected chi connectivity index (χ0v) is 17.1. The number of nitrogens with two attached hydrogens (primary N) is 1. The Morgan fingerprint density at radius 3 is 2.21 bits per heavy atom. The van der Waals surface area contributed by atoms with Crippen molar-refractivity contribution in [3.8, 4) is 0 Å². The molecule has 0 radical (unpaired) electrons. The molecule has 1 fully saturated rings. The molecule has 144 valence electrons. The van der Waals surface area contributed by atoms with Gasteiger partial charge in [-0.25, -0.2) is 4.90 Å². The standard InChI is InChI=1S/C19H16Cl2N4O2S/c1-11(12-2-4-13(20)5-3-12)23-24-19(22)28-16-10-17(26)25(18(16)27)15-8-6-14(21)7-9-15/h2-9,16H,10H2,1H3,(H2,22,24)/b23-11-/t16-/m1/s1. The van der Waals surface area contributed by atoms with Gasteiger partial charge in [-0.1, -0.05) is 47.1 Å². The Kier molecular flexibility index (Phi) is 6.39. The number of imide groups is 1. The van der Waals surface area contributed by atoms with E-state index in [-0.39, 0.29) is 23.4 Å². The van der Waals surface area contributed by atoms with Crippen molar-refractivity contribution in [2.24, 2.45) is 15.9 Å². The molecule has 2 aromatic carbocycles. The second-order valence-electron chi connectivity index (χ2n) is 5.98. The normalized spacial score (nSPS) is 18.1. The number of rotatable bonds is 4. The number of thioether (sulfide) groups is 1. The smallest absolute Gasteiger partial charge is 0.247 e. The van der Waals surface area contributed by atoms with E-state index >= 15 is 0 Å². The van der Waals surface area contributed by atoms with E-state index in [0.29, 0.717) is 21.4 Å². The summed E-state index contributed by atoms with van der Waals surface area (Å²) in [4.78, 5) is 26.0. The first-order valence-corrected chi connectivity index (χ1v) is 9.91. The van der Waals surface area contributed by atoms with Gasteiger partial charge >= 0.3 is 0 Å². The zero-order chi connectivity index (χ0) is 20.3. The molecule has 0 aliphatic carbocycles. The van der Waals surface area contributed by atoms with Gasteiger partial charge in [0.15, 0.2) is 5.17 Å². The molecule has 1 heterocycles. The molecular weight excluding hydrogens is 419 g/mol. The highest BCUT2D eigenvalue weighted by molar-refractivity contribution is 8.14. The molecule has 0 spiro atoms. The highest BCUT2D eigenvalue weighted by atomic mass is 35.5. The molecule has 2 amide bonds. The Labute approximate surface area is 176 Å². The Hall–Kier alpha value is -2.35. The molecule has 0 unspecified atom stereocenters. The highest BCUT2D eigenvalue weighted by Gasteiger charge is 2.40. The van der Waals surface area contributed by atoms with Crippen LogP contribution in [-0.2, 0) is 9.59 Å².